The van der Waals surface area contributed by atoms with Crippen molar-refractivity contribution in [1.82, 2.24) is 9.97 Å². The predicted molar refractivity (Wildman–Crippen MR) is 75.7 cm³/mol. The Morgan fingerprint density at radius 1 is 1.06 bits per heavy atom. The summed E-state index contributed by atoms with van der Waals surface area (Å²) in [6.07, 6.45) is 0. The standard InChI is InChI=1S/C12H10ClIN2O/c1-7-8(2)16-12(11(13)15-7)17-10-5-3-9(14)4-6-10/h3-6H,1-2H3. The Kier molecular flexibility index (Phi) is 3.83. The molecule has 0 aliphatic heterocycles. The quantitative estimate of drug-likeness (QED) is 0.755. The van der Waals surface area contributed by atoms with Crippen LogP contribution in [0.4, 0.5) is 0 Å². The van der Waals surface area contributed by atoms with Crippen LogP contribution in [0.5, 0.6) is 11.6 Å². The average molecular weight is 361 g/mol. The Bertz CT molecular complexity index is 543. The number of halogens is 2. The zero-order chi connectivity index (χ0) is 12.4. The molecule has 88 valence electrons. The van der Waals surface area contributed by atoms with E-state index in [2.05, 4.69) is 32.6 Å². The van der Waals surface area contributed by atoms with Crippen molar-refractivity contribution in [2.24, 2.45) is 0 Å². The summed E-state index contributed by atoms with van der Waals surface area (Å²) in [6.45, 7) is 3.74. The van der Waals surface area contributed by atoms with Crippen LogP contribution in [-0.4, -0.2) is 9.97 Å². The molecule has 0 radical (unpaired) electrons. The molecule has 0 amide bonds. The third-order valence-corrected chi connectivity index (χ3v) is 3.23. The third-order valence-electron chi connectivity index (χ3n) is 2.26. The molecule has 1 heterocycles. The number of hydrogen-bond donors (Lipinski definition) is 0. The van der Waals surface area contributed by atoms with Gasteiger partial charge in [0.25, 0.3) is 5.88 Å². The maximum absolute atomic E-state index is 5.98. The summed E-state index contributed by atoms with van der Waals surface area (Å²) in [7, 11) is 0. The molecule has 0 aliphatic carbocycles. The molecule has 0 saturated heterocycles. The highest BCUT2D eigenvalue weighted by molar-refractivity contribution is 14.1. The fourth-order valence-corrected chi connectivity index (χ4v) is 1.80. The molecule has 1 aromatic heterocycles. The van der Waals surface area contributed by atoms with Gasteiger partial charge in [-0.3, -0.25) is 0 Å². The van der Waals surface area contributed by atoms with Crippen LogP contribution < -0.4 is 4.74 Å². The fraction of sp³-hybridized carbons (Fsp3) is 0.167. The van der Waals surface area contributed by atoms with E-state index in [4.69, 9.17) is 16.3 Å². The smallest absolute Gasteiger partial charge is 0.257 e. The maximum atomic E-state index is 5.98. The summed E-state index contributed by atoms with van der Waals surface area (Å²) in [6, 6.07) is 7.65. The van der Waals surface area contributed by atoms with E-state index in [-0.39, 0.29) is 5.15 Å². The Morgan fingerprint density at radius 2 is 1.65 bits per heavy atom. The van der Waals surface area contributed by atoms with Crippen LogP contribution in [-0.2, 0) is 0 Å². The van der Waals surface area contributed by atoms with Gasteiger partial charge in [-0.1, -0.05) is 11.6 Å². The van der Waals surface area contributed by atoms with Crippen molar-refractivity contribution in [2.75, 3.05) is 0 Å². The van der Waals surface area contributed by atoms with Gasteiger partial charge in [0.05, 0.1) is 11.4 Å². The van der Waals surface area contributed by atoms with Gasteiger partial charge in [0, 0.05) is 3.57 Å². The number of aromatic nitrogens is 2. The van der Waals surface area contributed by atoms with E-state index in [1.165, 1.54) is 0 Å². The van der Waals surface area contributed by atoms with E-state index < -0.39 is 0 Å². The van der Waals surface area contributed by atoms with Crippen LogP contribution in [0.3, 0.4) is 0 Å². The van der Waals surface area contributed by atoms with Crippen molar-refractivity contribution in [3.8, 4) is 11.6 Å². The maximum Gasteiger partial charge on any atom is 0.257 e. The second-order valence-corrected chi connectivity index (χ2v) is 5.15. The van der Waals surface area contributed by atoms with Crippen molar-refractivity contribution in [2.45, 2.75) is 13.8 Å². The topological polar surface area (TPSA) is 35.0 Å². The summed E-state index contributed by atoms with van der Waals surface area (Å²) >= 11 is 8.22. The van der Waals surface area contributed by atoms with Gasteiger partial charge in [-0.2, -0.15) is 0 Å². The van der Waals surface area contributed by atoms with Gasteiger partial charge in [0.1, 0.15) is 5.75 Å². The molecule has 2 aromatic rings. The van der Waals surface area contributed by atoms with E-state index in [1.54, 1.807) is 0 Å². The van der Waals surface area contributed by atoms with Gasteiger partial charge in [-0.05, 0) is 60.7 Å². The highest BCUT2D eigenvalue weighted by atomic mass is 127. The van der Waals surface area contributed by atoms with Crippen LogP contribution in [0.25, 0.3) is 0 Å². The molecule has 0 aliphatic rings. The van der Waals surface area contributed by atoms with Gasteiger partial charge in [0.15, 0.2) is 5.15 Å². The summed E-state index contributed by atoms with van der Waals surface area (Å²) in [5, 5.41) is 0.284. The van der Waals surface area contributed by atoms with Gasteiger partial charge in [0.2, 0.25) is 0 Å². The Balaban J connectivity index is 2.30. The van der Waals surface area contributed by atoms with E-state index in [1.807, 2.05) is 38.1 Å². The van der Waals surface area contributed by atoms with Crippen molar-refractivity contribution < 1.29 is 4.74 Å². The lowest BCUT2D eigenvalue weighted by Gasteiger charge is -2.08. The first-order valence-electron chi connectivity index (χ1n) is 5.00. The molecular formula is C12H10ClIN2O. The predicted octanol–water partition coefficient (Wildman–Crippen LogP) is 4.14. The van der Waals surface area contributed by atoms with Crippen LogP contribution in [0.1, 0.15) is 11.4 Å². The summed E-state index contributed by atoms with van der Waals surface area (Å²) in [5.74, 6) is 1.04. The first kappa shape index (κ1) is 12.6. The normalized spacial score (nSPS) is 10.4. The van der Waals surface area contributed by atoms with Crippen LogP contribution in [0.15, 0.2) is 24.3 Å². The Morgan fingerprint density at radius 3 is 2.29 bits per heavy atom. The number of nitrogens with zero attached hydrogens (tertiary/aromatic N) is 2. The zero-order valence-corrected chi connectivity index (χ0v) is 12.3. The van der Waals surface area contributed by atoms with E-state index in [0.717, 1.165) is 15.0 Å². The highest BCUT2D eigenvalue weighted by Crippen LogP contribution is 2.26. The molecular weight excluding hydrogens is 351 g/mol. The number of ether oxygens (including phenoxy) is 1. The van der Waals surface area contributed by atoms with Crippen molar-refractivity contribution in [3.05, 3.63) is 44.4 Å². The average Bonchev–Trinajstić information content (AvgIpc) is 2.29. The molecule has 1 aromatic carbocycles. The van der Waals surface area contributed by atoms with Crippen molar-refractivity contribution >= 4 is 34.2 Å². The molecule has 5 heteroatoms. The minimum atomic E-state index is 0.284. The third kappa shape index (κ3) is 3.07. The molecule has 0 bridgehead atoms. The molecule has 0 spiro atoms. The molecule has 0 atom stereocenters. The summed E-state index contributed by atoms with van der Waals surface area (Å²) in [5.41, 5.74) is 1.62. The van der Waals surface area contributed by atoms with E-state index >= 15 is 0 Å². The molecule has 0 fully saturated rings. The Labute approximate surface area is 118 Å². The Hall–Kier alpha value is -0.880. The van der Waals surface area contributed by atoms with Crippen LogP contribution in [0, 0.1) is 17.4 Å². The lowest BCUT2D eigenvalue weighted by Crippen LogP contribution is -1.97. The molecule has 0 N–H and O–H groups in total. The largest absolute Gasteiger partial charge is 0.436 e. The number of benzene rings is 1. The molecule has 0 saturated carbocycles. The highest BCUT2D eigenvalue weighted by Gasteiger charge is 2.09. The molecule has 17 heavy (non-hydrogen) atoms. The number of hydrogen-bond acceptors (Lipinski definition) is 3. The van der Waals surface area contributed by atoms with Crippen LogP contribution >= 0.6 is 34.2 Å². The SMILES string of the molecule is Cc1nc(Cl)c(Oc2ccc(I)cc2)nc1C. The zero-order valence-electron chi connectivity index (χ0n) is 9.37. The van der Waals surface area contributed by atoms with Gasteiger partial charge in [-0.15, -0.1) is 0 Å². The molecule has 2 rings (SSSR count). The van der Waals surface area contributed by atoms with Crippen molar-refractivity contribution in [1.29, 1.82) is 0 Å². The first-order valence-corrected chi connectivity index (χ1v) is 6.46. The van der Waals surface area contributed by atoms with Crippen molar-refractivity contribution in [3.63, 3.8) is 0 Å². The lowest BCUT2D eigenvalue weighted by atomic mass is 10.3. The van der Waals surface area contributed by atoms with Gasteiger partial charge < -0.3 is 4.74 Å². The molecule has 0 unspecified atom stereocenters. The van der Waals surface area contributed by atoms with E-state index in [0.29, 0.717) is 11.6 Å². The second-order valence-electron chi connectivity index (χ2n) is 3.55. The van der Waals surface area contributed by atoms with Gasteiger partial charge >= 0.3 is 0 Å². The monoisotopic (exact) mass is 360 g/mol. The minimum Gasteiger partial charge on any atom is -0.436 e. The summed E-state index contributed by atoms with van der Waals surface area (Å²) < 4.78 is 6.74. The van der Waals surface area contributed by atoms with Gasteiger partial charge in [-0.25, -0.2) is 9.97 Å². The van der Waals surface area contributed by atoms with E-state index in [9.17, 15) is 0 Å². The lowest BCUT2D eigenvalue weighted by molar-refractivity contribution is 0.458. The number of aryl methyl sites for hydroxylation is 2. The first-order chi connectivity index (χ1) is 8.06. The van der Waals surface area contributed by atoms with Crippen LogP contribution in [0.2, 0.25) is 5.15 Å². The molecule has 3 nitrogen and oxygen atoms in total. The minimum absolute atomic E-state index is 0.284. The number of rotatable bonds is 2. The summed E-state index contributed by atoms with van der Waals surface area (Å²) in [4.78, 5) is 8.43. The second kappa shape index (κ2) is 5.18. The fourth-order valence-electron chi connectivity index (χ4n) is 1.23.